The van der Waals surface area contributed by atoms with Gasteiger partial charge in [0.05, 0.1) is 0 Å². The van der Waals surface area contributed by atoms with Crippen molar-refractivity contribution in [1.82, 2.24) is 0 Å². The second kappa shape index (κ2) is 1.36. The van der Waals surface area contributed by atoms with Crippen LogP contribution in [0.3, 0.4) is 0 Å². The van der Waals surface area contributed by atoms with Crippen molar-refractivity contribution >= 4 is 58.9 Å². The van der Waals surface area contributed by atoms with Crippen LogP contribution in [0.2, 0.25) is 0 Å². The Morgan fingerprint density at radius 3 is 0.571 bits per heavy atom. The Hall–Kier alpha value is 2.01. The molecule has 0 heterocycles. The van der Waals surface area contributed by atoms with Crippen LogP contribution in [0.25, 0.3) is 0 Å². The first-order chi connectivity index (χ1) is 2.45. The Morgan fingerprint density at radius 2 is 0.571 bits per heavy atom. The van der Waals surface area contributed by atoms with Gasteiger partial charge in [0.25, 0.3) is 0 Å². The van der Waals surface area contributed by atoms with Gasteiger partial charge < -0.3 is 0 Å². The predicted octanol–water partition coefficient (Wildman–Crippen LogP) is 3.89. The Balaban J connectivity index is 8.86. The summed E-state index contributed by atoms with van der Waals surface area (Å²) in [5, 5.41) is 0. The molecule has 0 spiro atoms. The van der Waals surface area contributed by atoms with Crippen molar-refractivity contribution in [3.05, 3.63) is 0 Å². The monoisotopic (exact) mass is 290 g/mol. The Labute approximate surface area is 60.4 Å². The first kappa shape index (κ1) is 9.01. The van der Waals surface area contributed by atoms with Crippen molar-refractivity contribution in [2.45, 2.75) is 0 Å². The van der Waals surface area contributed by atoms with E-state index in [1.165, 1.54) is 0 Å². The standard InChI is InChI=1S/Mo.6S. The molecule has 7 heteroatoms. The minimum absolute atomic E-state index is 4.50. The van der Waals surface area contributed by atoms with Crippen LogP contribution in [-0.4, -0.2) is 0 Å². The molecule has 0 atom stereocenters. The second-order valence-electron chi connectivity index (χ2n) is 1.02. The van der Waals surface area contributed by atoms with Crippen LogP contribution in [0.15, 0.2) is 0 Å². The Kier molecular flexibility index (Phi) is 1.75. The summed E-state index contributed by atoms with van der Waals surface area (Å²) in [6.07, 6.45) is 0. The number of rotatable bonds is 0. The minimum atomic E-state index is -4.68. The summed E-state index contributed by atoms with van der Waals surface area (Å²) in [6, 6.07) is 0. The van der Waals surface area contributed by atoms with Crippen molar-refractivity contribution in [1.29, 1.82) is 0 Å². The van der Waals surface area contributed by atoms with Crippen LogP contribution in [0.1, 0.15) is 0 Å². The van der Waals surface area contributed by atoms with Gasteiger partial charge in [-0.2, -0.15) is 0 Å². The quantitative estimate of drug-likeness (QED) is 0.616. The third-order valence-electron chi connectivity index (χ3n) is 0. The van der Waals surface area contributed by atoms with E-state index in [4.69, 9.17) is 0 Å². The van der Waals surface area contributed by atoms with E-state index in [9.17, 15) is 0 Å². The molecule has 0 aliphatic carbocycles. The molecule has 0 unspecified atom stereocenters. The van der Waals surface area contributed by atoms with E-state index in [1.807, 2.05) is 0 Å². The third kappa shape index (κ3) is 71.7. The van der Waals surface area contributed by atoms with E-state index in [0.29, 0.717) is 0 Å². The first-order valence-corrected chi connectivity index (χ1v) is 17.7. The summed E-state index contributed by atoms with van der Waals surface area (Å²) in [5.74, 6) is 0. The van der Waals surface area contributed by atoms with Crippen molar-refractivity contribution in [2.24, 2.45) is 0 Å². The van der Waals surface area contributed by atoms with Crippen LogP contribution in [0.5, 0.6) is 0 Å². The van der Waals surface area contributed by atoms with Gasteiger partial charge in [-0.1, -0.05) is 0 Å². The molecule has 0 N–H and O–H groups in total. The summed E-state index contributed by atoms with van der Waals surface area (Å²) in [6.45, 7) is 0. The van der Waals surface area contributed by atoms with Crippen molar-refractivity contribution < 1.29 is 2.64 Å². The molecule has 0 saturated carbocycles. The van der Waals surface area contributed by atoms with E-state index in [1.54, 1.807) is 0 Å². The molecule has 0 aromatic rings. The van der Waals surface area contributed by atoms with Gasteiger partial charge in [0.15, 0.2) is 0 Å². The van der Waals surface area contributed by atoms with E-state index < -0.39 is 2.64 Å². The van der Waals surface area contributed by atoms with Crippen molar-refractivity contribution in [3.8, 4) is 0 Å². The first-order valence-electron chi connectivity index (χ1n) is 1.00. The zero-order chi connectivity index (χ0) is 6.41. The van der Waals surface area contributed by atoms with Gasteiger partial charge in [-0.05, 0) is 0 Å². The van der Waals surface area contributed by atoms with Gasteiger partial charge in [0, 0.05) is 0 Å². The second-order valence-corrected chi connectivity index (χ2v) is 54.3. The van der Waals surface area contributed by atoms with Gasteiger partial charge in [-0.3, -0.25) is 0 Å². The maximum atomic E-state index is 4.50. The molecule has 0 saturated heterocycles. The van der Waals surface area contributed by atoms with E-state index in [0.717, 1.165) is 0 Å². The van der Waals surface area contributed by atoms with Crippen LogP contribution >= 0.6 is 58.9 Å². The topological polar surface area (TPSA) is 0 Å². The summed E-state index contributed by atoms with van der Waals surface area (Å²) < 4.78 is -4.68. The molecule has 0 bridgehead atoms. The summed E-state index contributed by atoms with van der Waals surface area (Å²) in [7, 11) is 27.0. The van der Waals surface area contributed by atoms with E-state index >= 15 is 0 Å². The molecule has 42 valence electrons. The summed E-state index contributed by atoms with van der Waals surface area (Å²) in [5.41, 5.74) is 0. The van der Waals surface area contributed by atoms with Gasteiger partial charge in [-0.25, -0.2) is 0 Å². The van der Waals surface area contributed by atoms with Gasteiger partial charge in [0.2, 0.25) is 0 Å². The van der Waals surface area contributed by atoms with E-state index in [2.05, 4.69) is 58.9 Å². The van der Waals surface area contributed by atoms with E-state index in [-0.39, 0.29) is 0 Å². The van der Waals surface area contributed by atoms with Crippen LogP contribution in [0.4, 0.5) is 0 Å². The van der Waals surface area contributed by atoms with Crippen molar-refractivity contribution in [3.63, 3.8) is 0 Å². The number of hydrogen-bond acceptors (Lipinski definition) is 6. The molecule has 0 rings (SSSR count). The SMILES string of the molecule is [S]=[Mo](=[S])(=[S])(=[S])(=[S])=[S]. The van der Waals surface area contributed by atoms with Crippen LogP contribution < -0.4 is 0 Å². The molecule has 0 radical (unpaired) electrons. The fourth-order valence-electron chi connectivity index (χ4n) is 0. The molecule has 0 aliphatic heterocycles. The molecule has 0 nitrogen and oxygen atoms in total. The molecule has 0 aliphatic rings. The normalized spacial score (nSPS) is 12.0. The molecular formula is MoS6. The predicted molar refractivity (Wildman–Crippen MR) is 45.5 cm³/mol. The van der Waals surface area contributed by atoms with Crippen LogP contribution in [-0.2, 0) is 2.64 Å². The average molecular weight is 288 g/mol. The Morgan fingerprint density at radius 1 is 0.571 bits per heavy atom. The molecule has 0 aromatic heterocycles. The molecular weight excluding hydrogens is 288 g/mol. The third-order valence-corrected chi connectivity index (χ3v) is 0. The average Bonchev–Trinajstić information content (AvgIpc) is 0.592. The molecule has 0 fully saturated rings. The number of hydrogen-bond donors (Lipinski definition) is 0. The summed E-state index contributed by atoms with van der Waals surface area (Å²) >= 11 is 0. The molecule has 0 aromatic carbocycles. The van der Waals surface area contributed by atoms with Crippen LogP contribution in [0, 0.1) is 0 Å². The molecule has 0 amide bonds. The van der Waals surface area contributed by atoms with Gasteiger partial charge >= 0.3 is 61.6 Å². The summed E-state index contributed by atoms with van der Waals surface area (Å²) in [4.78, 5) is 0. The Bertz CT molecular complexity index is 432. The zero-order valence-electron chi connectivity index (χ0n) is 2.86. The molecule has 7 heavy (non-hydrogen) atoms. The van der Waals surface area contributed by atoms with Gasteiger partial charge in [-0.15, -0.1) is 0 Å². The van der Waals surface area contributed by atoms with Gasteiger partial charge in [0.1, 0.15) is 0 Å². The zero-order valence-corrected chi connectivity index (χ0v) is 9.76. The van der Waals surface area contributed by atoms with Crippen molar-refractivity contribution in [2.75, 3.05) is 0 Å². The fraction of sp³-hybridized carbons (Fsp3) is 0. The fourth-order valence-corrected chi connectivity index (χ4v) is 0. The maximum absolute atomic E-state index is 4.68.